The van der Waals surface area contributed by atoms with E-state index in [-0.39, 0.29) is 17.8 Å². The zero-order chi connectivity index (χ0) is 15.1. The second kappa shape index (κ2) is 8.40. The topological polar surface area (TPSA) is 55.4 Å². The largest absolute Gasteiger partial charge is 0.464 e. The van der Waals surface area contributed by atoms with E-state index in [1.165, 1.54) is 25.7 Å². The van der Waals surface area contributed by atoms with Gasteiger partial charge >= 0.3 is 5.97 Å². The molecular weight excluding hydrogens is 266 g/mol. The predicted molar refractivity (Wildman–Crippen MR) is 81.7 cm³/mol. The first-order valence-corrected chi connectivity index (χ1v) is 8.64. The van der Waals surface area contributed by atoms with Gasteiger partial charge in [-0.15, -0.1) is 0 Å². The van der Waals surface area contributed by atoms with Gasteiger partial charge in [0.1, 0.15) is 6.04 Å². The third kappa shape index (κ3) is 5.33. The van der Waals surface area contributed by atoms with E-state index >= 15 is 0 Å². The first-order valence-electron chi connectivity index (χ1n) is 8.64. The summed E-state index contributed by atoms with van der Waals surface area (Å²) in [5.41, 5.74) is 0. The van der Waals surface area contributed by atoms with Gasteiger partial charge in [-0.3, -0.25) is 4.79 Å². The summed E-state index contributed by atoms with van der Waals surface area (Å²) in [7, 11) is 0. The molecule has 2 fully saturated rings. The first-order chi connectivity index (χ1) is 10.2. The van der Waals surface area contributed by atoms with Crippen LogP contribution in [0.15, 0.2) is 0 Å². The molecule has 4 heteroatoms. The van der Waals surface area contributed by atoms with Gasteiger partial charge in [-0.2, -0.15) is 0 Å². The lowest BCUT2D eigenvalue weighted by atomic mass is 9.88. The number of carbonyl (C=O) groups excluding carboxylic acids is 2. The molecule has 0 bridgehead atoms. The van der Waals surface area contributed by atoms with Crippen LogP contribution in [0.5, 0.6) is 0 Å². The van der Waals surface area contributed by atoms with Crippen LogP contribution in [0.1, 0.15) is 71.1 Å². The van der Waals surface area contributed by atoms with Crippen molar-refractivity contribution in [3.05, 3.63) is 0 Å². The van der Waals surface area contributed by atoms with Gasteiger partial charge in [0.15, 0.2) is 0 Å². The van der Waals surface area contributed by atoms with Crippen molar-refractivity contribution in [3.8, 4) is 0 Å². The van der Waals surface area contributed by atoms with Crippen LogP contribution in [0.2, 0.25) is 0 Å². The predicted octanol–water partition coefficient (Wildman–Crippen LogP) is 3.19. The highest BCUT2D eigenvalue weighted by molar-refractivity contribution is 5.85. The normalized spacial score (nSPS) is 22.5. The Morgan fingerprint density at radius 1 is 1.00 bits per heavy atom. The van der Waals surface area contributed by atoms with Crippen molar-refractivity contribution >= 4 is 11.9 Å². The molecule has 0 radical (unpaired) electrons. The number of ether oxygens (including phenoxy) is 1. The van der Waals surface area contributed by atoms with Crippen LogP contribution in [-0.4, -0.2) is 24.5 Å². The highest BCUT2D eigenvalue weighted by Gasteiger charge is 2.25. The molecule has 4 nitrogen and oxygen atoms in total. The van der Waals surface area contributed by atoms with Gasteiger partial charge in [-0.1, -0.05) is 38.5 Å². The van der Waals surface area contributed by atoms with Gasteiger partial charge < -0.3 is 10.1 Å². The summed E-state index contributed by atoms with van der Waals surface area (Å²) >= 11 is 0. The molecule has 0 spiro atoms. The molecule has 1 N–H and O–H groups in total. The van der Waals surface area contributed by atoms with Gasteiger partial charge in [0.2, 0.25) is 5.91 Å². The molecule has 0 aliphatic heterocycles. The number of hydrogen-bond donors (Lipinski definition) is 1. The van der Waals surface area contributed by atoms with Crippen molar-refractivity contribution in [2.75, 3.05) is 6.61 Å². The number of rotatable bonds is 5. The molecule has 0 aromatic heterocycles. The zero-order valence-corrected chi connectivity index (χ0v) is 13.2. The molecule has 2 rings (SSSR count). The Balaban J connectivity index is 1.67. The maximum Gasteiger partial charge on any atom is 0.328 e. The SMILES string of the molecule is C[C@@H](NC(=O)C1CCCCC1)C(=O)OCC1CCCCC1. The van der Waals surface area contributed by atoms with E-state index in [9.17, 15) is 9.59 Å². The van der Waals surface area contributed by atoms with Crippen molar-refractivity contribution in [2.45, 2.75) is 77.2 Å². The van der Waals surface area contributed by atoms with Crippen LogP contribution in [0.25, 0.3) is 0 Å². The molecule has 21 heavy (non-hydrogen) atoms. The molecule has 0 heterocycles. The summed E-state index contributed by atoms with van der Waals surface area (Å²) in [6.07, 6.45) is 11.5. The van der Waals surface area contributed by atoms with Gasteiger partial charge in [-0.05, 0) is 38.5 Å². The smallest absolute Gasteiger partial charge is 0.328 e. The molecule has 2 aliphatic carbocycles. The molecule has 120 valence electrons. The van der Waals surface area contributed by atoms with Crippen LogP contribution < -0.4 is 5.32 Å². The van der Waals surface area contributed by atoms with E-state index in [0.717, 1.165) is 38.5 Å². The lowest BCUT2D eigenvalue weighted by Gasteiger charge is -2.24. The Labute approximate surface area is 128 Å². The van der Waals surface area contributed by atoms with E-state index in [2.05, 4.69) is 5.32 Å². The van der Waals surface area contributed by atoms with E-state index in [0.29, 0.717) is 12.5 Å². The van der Waals surface area contributed by atoms with Crippen LogP contribution in [-0.2, 0) is 14.3 Å². The van der Waals surface area contributed by atoms with E-state index < -0.39 is 6.04 Å². The average Bonchev–Trinajstić information content (AvgIpc) is 2.54. The van der Waals surface area contributed by atoms with Crippen LogP contribution in [0.4, 0.5) is 0 Å². The minimum absolute atomic E-state index is 0.0248. The molecule has 1 atom stereocenters. The van der Waals surface area contributed by atoms with Crippen molar-refractivity contribution in [1.29, 1.82) is 0 Å². The minimum atomic E-state index is -0.525. The van der Waals surface area contributed by atoms with Crippen molar-refractivity contribution in [3.63, 3.8) is 0 Å². The summed E-state index contributed by atoms with van der Waals surface area (Å²) in [5.74, 6) is 0.345. The van der Waals surface area contributed by atoms with E-state index in [1.807, 2.05) is 0 Å². The number of hydrogen-bond acceptors (Lipinski definition) is 3. The quantitative estimate of drug-likeness (QED) is 0.792. The third-order valence-corrected chi connectivity index (χ3v) is 4.87. The molecule has 0 saturated heterocycles. The number of esters is 1. The third-order valence-electron chi connectivity index (χ3n) is 4.87. The summed E-state index contributed by atoms with van der Waals surface area (Å²) in [6.45, 7) is 2.24. The molecule has 0 aromatic rings. The standard InChI is InChI=1S/C17H29NO3/c1-13(18-16(19)15-10-6-3-7-11-15)17(20)21-12-14-8-4-2-5-9-14/h13-15H,2-12H2,1H3,(H,18,19)/t13-/m1/s1. The summed E-state index contributed by atoms with van der Waals surface area (Å²) in [4.78, 5) is 24.1. The molecule has 2 saturated carbocycles. The molecular formula is C17H29NO3. The average molecular weight is 295 g/mol. The Kier molecular flexibility index (Phi) is 6.52. The Bertz CT molecular complexity index is 344. The summed E-state index contributed by atoms with van der Waals surface area (Å²) in [6, 6.07) is -0.525. The zero-order valence-electron chi connectivity index (χ0n) is 13.2. The van der Waals surface area contributed by atoms with Gasteiger partial charge in [-0.25, -0.2) is 4.79 Å². The fourth-order valence-electron chi connectivity index (χ4n) is 3.43. The molecule has 1 amide bonds. The highest BCUT2D eigenvalue weighted by atomic mass is 16.5. The van der Waals surface area contributed by atoms with Crippen molar-refractivity contribution < 1.29 is 14.3 Å². The second-order valence-electron chi connectivity index (χ2n) is 6.70. The summed E-state index contributed by atoms with van der Waals surface area (Å²) in [5, 5.41) is 2.82. The Morgan fingerprint density at radius 2 is 1.57 bits per heavy atom. The second-order valence-corrected chi connectivity index (χ2v) is 6.70. The number of amides is 1. The van der Waals surface area contributed by atoms with Gasteiger partial charge in [0.05, 0.1) is 6.61 Å². The molecule has 0 unspecified atom stereocenters. The summed E-state index contributed by atoms with van der Waals surface area (Å²) < 4.78 is 5.38. The first kappa shape index (κ1) is 16.3. The van der Waals surface area contributed by atoms with Crippen molar-refractivity contribution in [2.24, 2.45) is 11.8 Å². The van der Waals surface area contributed by atoms with Crippen LogP contribution >= 0.6 is 0 Å². The molecule has 0 aromatic carbocycles. The highest BCUT2D eigenvalue weighted by Crippen LogP contribution is 2.24. The monoisotopic (exact) mass is 295 g/mol. The number of carbonyl (C=O) groups is 2. The van der Waals surface area contributed by atoms with Crippen LogP contribution in [0.3, 0.4) is 0 Å². The molecule has 2 aliphatic rings. The van der Waals surface area contributed by atoms with Crippen molar-refractivity contribution in [1.82, 2.24) is 5.32 Å². The van der Waals surface area contributed by atoms with E-state index in [1.54, 1.807) is 6.92 Å². The van der Waals surface area contributed by atoms with E-state index in [4.69, 9.17) is 4.74 Å². The Morgan fingerprint density at radius 3 is 2.19 bits per heavy atom. The lowest BCUT2D eigenvalue weighted by molar-refractivity contribution is -0.149. The lowest BCUT2D eigenvalue weighted by Crippen LogP contribution is -2.43. The Hall–Kier alpha value is -1.06. The number of nitrogens with one attached hydrogen (secondary N) is 1. The maximum atomic E-state index is 12.1. The fourth-order valence-corrected chi connectivity index (χ4v) is 3.43. The van der Waals surface area contributed by atoms with Gasteiger partial charge in [0.25, 0.3) is 0 Å². The van der Waals surface area contributed by atoms with Crippen LogP contribution in [0, 0.1) is 11.8 Å². The fraction of sp³-hybridized carbons (Fsp3) is 0.882. The van der Waals surface area contributed by atoms with Gasteiger partial charge in [0, 0.05) is 5.92 Å². The minimum Gasteiger partial charge on any atom is -0.464 e. The maximum absolute atomic E-state index is 12.1.